The SMILES string of the molecule is O=Cc1cnc2c3cccc(O)c3ccn12. The van der Waals surface area contributed by atoms with Crippen LogP contribution in [0.2, 0.25) is 0 Å². The van der Waals surface area contributed by atoms with Crippen molar-refractivity contribution in [1.29, 1.82) is 0 Å². The molecule has 0 radical (unpaired) electrons. The van der Waals surface area contributed by atoms with Crippen LogP contribution in [-0.2, 0) is 0 Å². The molecule has 0 aliphatic carbocycles. The van der Waals surface area contributed by atoms with Gasteiger partial charge < -0.3 is 5.11 Å². The Balaban J connectivity index is 2.55. The summed E-state index contributed by atoms with van der Waals surface area (Å²) in [6.07, 6.45) is 4.01. The minimum Gasteiger partial charge on any atom is -0.507 e. The number of fused-ring (bicyclic) bond motifs is 3. The maximum atomic E-state index is 10.8. The van der Waals surface area contributed by atoms with Gasteiger partial charge in [0.05, 0.1) is 6.20 Å². The summed E-state index contributed by atoms with van der Waals surface area (Å²) in [5.74, 6) is 0.218. The summed E-state index contributed by atoms with van der Waals surface area (Å²) in [5.41, 5.74) is 1.18. The fourth-order valence-corrected chi connectivity index (χ4v) is 1.89. The number of carbonyl (C=O) groups is 1. The molecule has 78 valence electrons. The Morgan fingerprint density at radius 2 is 2.12 bits per heavy atom. The Labute approximate surface area is 90.8 Å². The van der Waals surface area contributed by atoms with Gasteiger partial charge in [0.15, 0.2) is 6.29 Å². The summed E-state index contributed by atoms with van der Waals surface area (Å²) in [7, 11) is 0. The lowest BCUT2D eigenvalue weighted by Crippen LogP contribution is -1.90. The lowest BCUT2D eigenvalue weighted by atomic mass is 10.1. The van der Waals surface area contributed by atoms with E-state index < -0.39 is 0 Å². The highest BCUT2D eigenvalue weighted by Crippen LogP contribution is 2.27. The molecule has 0 amide bonds. The highest BCUT2D eigenvalue weighted by Gasteiger charge is 2.07. The van der Waals surface area contributed by atoms with Crippen LogP contribution in [0.1, 0.15) is 10.5 Å². The van der Waals surface area contributed by atoms with Crippen molar-refractivity contribution in [2.24, 2.45) is 0 Å². The molecule has 0 atom stereocenters. The van der Waals surface area contributed by atoms with Crippen LogP contribution in [0.25, 0.3) is 16.4 Å². The molecule has 4 nitrogen and oxygen atoms in total. The second kappa shape index (κ2) is 3.06. The molecule has 2 heterocycles. The normalized spacial score (nSPS) is 11.0. The molecule has 2 aromatic heterocycles. The van der Waals surface area contributed by atoms with Gasteiger partial charge in [0.1, 0.15) is 17.1 Å². The summed E-state index contributed by atoms with van der Waals surface area (Å²) in [6, 6.07) is 7.02. The Morgan fingerprint density at radius 1 is 1.25 bits per heavy atom. The van der Waals surface area contributed by atoms with Gasteiger partial charge in [0, 0.05) is 17.0 Å². The van der Waals surface area contributed by atoms with E-state index in [0.29, 0.717) is 11.3 Å². The van der Waals surface area contributed by atoms with Crippen LogP contribution in [0.3, 0.4) is 0 Å². The molecule has 0 saturated heterocycles. The van der Waals surface area contributed by atoms with Gasteiger partial charge in [-0.25, -0.2) is 4.98 Å². The molecule has 0 spiro atoms. The molecule has 0 aliphatic heterocycles. The number of hydrogen-bond acceptors (Lipinski definition) is 3. The summed E-state index contributed by atoms with van der Waals surface area (Å²) in [6.45, 7) is 0. The van der Waals surface area contributed by atoms with Crippen LogP contribution in [0.15, 0.2) is 36.7 Å². The standard InChI is InChI=1S/C12H8N2O2/c15-7-8-6-13-12-10-2-1-3-11(16)9(10)4-5-14(8)12/h1-7,16H. The average molecular weight is 212 g/mol. The predicted molar refractivity (Wildman–Crippen MR) is 59.8 cm³/mol. The van der Waals surface area contributed by atoms with Crippen LogP contribution in [0.4, 0.5) is 0 Å². The van der Waals surface area contributed by atoms with Gasteiger partial charge in [-0.2, -0.15) is 0 Å². The van der Waals surface area contributed by atoms with Gasteiger partial charge in [0.2, 0.25) is 0 Å². The number of aromatic hydroxyl groups is 1. The van der Waals surface area contributed by atoms with Crippen molar-refractivity contribution in [2.75, 3.05) is 0 Å². The number of benzene rings is 1. The molecule has 4 heteroatoms. The molecule has 3 aromatic rings. The Kier molecular flexibility index (Phi) is 1.71. The Hall–Kier alpha value is -2.36. The van der Waals surface area contributed by atoms with Crippen molar-refractivity contribution in [2.45, 2.75) is 0 Å². The zero-order chi connectivity index (χ0) is 11.1. The Morgan fingerprint density at radius 3 is 2.94 bits per heavy atom. The van der Waals surface area contributed by atoms with Crippen molar-refractivity contribution < 1.29 is 9.90 Å². The summed E-state index contributed by atoms with van der Waals surface area (Å²) < 4.78 is 1.70. The van der Waals surface area contributed by atoms with Crippen molar-refractivity contribution in [3.63, 3.8) is 0 Å². The molecule has 1 aromatic carbocycles. The third-order valence-corrected chi connectivity index (χ3v) is 2.66. The third kappa shape index (κ3) is 1.04. The van der Waals surface area contributed by atoms with E-state index in [-0.39, 0.29) is 5.75 Å². The van der Waals surface area contributed by atoms with E-state index in [2.05, 4.69) is 4.98 Å². The molecule has 16 heavy (non-hydrogen) atoms. The van der Waals surface area contributed by atoms with E-state index in [1.807, 2.05) is 6.07 Å². The molecular formula is C12H8N2O2. The summed E-state index contributed by atoms with van der Waals surface area (Å²) in [4.78, 5) is 15.0. The number of carbonyl (C=O) groups excluding carboxylic acids is 1. The minimum absolute atomic E-state index is 0.218. The van der Waals surface area contributed by atoms with Gasteiger partial charge in [-0.15, -0.1) is 0 Å². The first kappa shape index (κ1) is 8.91. The van der Waals surface area contributed by atoms with Gasteiger partial charge in [-0.1, -0.05) is 12.1 Å². The topological polar surface area (TPSA) is 54.6 Å². The van der Waals surface area contributed by atoms with E-state index in [1.54, 1.807) is 28.8 Å². The highest BCUT2D eigenvalue weighted by atomic mass is 16.3. The fourth-order valence-electron chi connectivity index (χ4n) is 1.89. The first-order valence-electron chi connectivity index (χ1n) is 4.84. The number of phenolic OH excluding ortho intramolecular Hbond substituents is 1. The number of rotatable bonds is 1. The largest absolute Gasteiger partial charge is 0.507 e. The molecule has 0 aliphatic rings. The van der Waals surface area contributed by atoms with Crippen LogP contribution < -0.4 is 0 Å². The summed E-state index contributed by atoms with van der Waals surface area (Å²) >= 11 is 0. The predicted octanol–water partition coefficient (Wildman–Crippen LogP) is 2.01. The number of aldehydes is 1. The molecule has 0 fully saturated rings. The maximum Gasteiger partial charge on any atom is 0.168 e. The molecule has 0 saturated carbocycles. The second-order valence-corrected chi connectivity index (χ2v) is 3.55. The third-order valence-electron chi connectivity index (χ3n) is 2.66. The van der Waals surface area contributed by atoms with E-state index in [0.717, 1.165) is 17.1 Å². The van der Waals surface area contributed by atoms with Crippen molar-refractivity contribution in [3.05, 3.63) is 42.4 Å². The number of aromatic nitrogens is 2. The second-order valence-electron chi connectivity index (χ2n) is 3.55. The van der Waals surface area contributed by atoms with Gasteiger partial charge in [-0.3, -0.25) is 9.20 Å². The first-order valence-corrected chi connectivity index (χ1v) is 4.84. The molecular weight excluding hydrogens is 204 g/mol. The van der Waals surface area contributed by atoms with Crippen LogP contribution in [0.5, 0.6) is 5.75 Å². The van der Waals surface area contributed by atoms with Gasteiger partial charge in [0.25, 0.3) is 0 Å². The van der Waals surface area contributed by atoms with E-state index in [4.69, 9.17) is 0 Å². The quantitative estimate of drug-likeness (QED) is 0.628. The highest BCUT2D eigenvalue weighted by molar-refractivity contribution is 5.98. The van der Waals surface area contributed by atoms with E-state index in [9.17, 15) is 9.90 Å². The van der Waals surface area contributed by atoms with E-state index in [1.165, 1.54) is 6.20 Å². The number of pyridine rings is 1. The fraction of sp³-hybridized carbons (Fsp3) is 0. The Bertz CT molecular complexity index is 701. The lowest BCUT2D eigenvalue weighted by molar-refractivity contribution is 0.111. The van der Waals surface area contributed by atoms with Gasteiger partial charge in [-0.05, 0) is 12.1 Å². The van der Waals surface area contributed by atoms with Crippen LogP contribution in [0, 0.1) is 0 Å². The average Bonchev–Trinajstić information content (AvgIpc) is 2.72. The molecule has 0 unspecified atom stereocenters. The maximum absolute atomic E-state index is 10.8. The molecule has 0 bridgehead atoms. The number of imidazole rings is 1. The van der Waals surface area contributed by atoms with Crippen LogP contribution >= 0.6 is 0 Å². The molecule has 3 rings (SSSR count). The summed E-state index contributed by atoms with van der Waals surface area (Å²) in [5, 5.41) is 11.3. The van der Waals surface area contributed by atoms with Crippen LogP contribution in [-0.4, -0.2) is 20.8 Å². The number of hydrogen-bond donors (Lipinski definition) is 1. The monoisotopic (exact) mass is 212 g/mol. The van der Waals surface area contributed by atoms with Crippen molar-refractivity contribution in [3.8, 4) is 5.75 Å². The van der Waals surface area contributed by atoms with Crippen molar-refractivity contribution >= 4 is 22.7 Å². The zero-order valence-electron chi connectivity index (χ0n) is 8.29. The first-order chi connectivity index (χ1) is 7.81. The number of phenols is 1. The van der Waals surface area contributed by atoms with Gasteiger partial charge >= 0.3 is 0 Å². The molecule has 1 N–H and O–H groups in total. The number of nitrogens with zero attached hydrogens (tertiary/aromatic N) is 2. The lowest BCUT2D eigenvalue weighted by Gasteiger charge is -2.02. The minimum atomic E-state index is 0.218. The smallest absolute Gasteiger partial charge is 0.168 e. The zero-order valence-corrected chi connectivity index (χ0v) is 8.29. The van der Waals surface area contributed by atoms with E-state index >= 15 is 0 Å². The van der Waals surface area contributed by atoms with Crippen molar-refractivity contribution in [1.82, 2.24) is 9.38 Å².